The van der Waals surface area contributed by atoms with E-state index in [-0.39, 0.29) is 11.9 Å². The van der Waals surface area contributed by atoms with Crippen LogP contribution in [0.4, 0.5) is 5.69 Å². The Morgan fingerprint density at radius 2 is 2.04 bits per heavy atom. The molecule has 0 radical (unpaired) electrons. The highest BCUT2D eigenvalue weighted by atomic mass is 32.1. The van der Waals surface area contributed by atoms with Crippen LogP contribution >= 0.6 is 11.3 Å². The summed E-state index contributed by atoms with van der Waals surface area (Å²) in [6.45, 7) is 8.69. The Labute approximate surface area is 165 Å². The Kier molecular flexibility index (Phi) is 6.68. The van der Waals surface area contributed by atoms with Crippen LogP contribution in [-0.2, 0) is 6.54 Å². The maximum atomic E-state index is 12.2. The minimum absolute atomic E-state index is 0.0761. The molecular weight excluding hydrogens is 360 g/mol. The third-order valence-electron chi connectivity index (χ3n) is 4.93. The summed E-state index contributed by atoms with van der Waals surface area (Å²) in [6, 6.07) is 8.33. The number of piperazine rings is 1. The molecule has 1 fully saturated rings. The van der Waals surface area contributed by atoms with Crippen molar-refractivity contribution in [3.05, 3.63) is 40.3 Å². The first-order valence-electron chi connectivity index (χ1n) is 9.46. The van der Waals surface area contributed by atoms with E-state index in [9.17, 15) is 4.79 Å². The van der Waals surface area contributed by atoms with Gasteiger partial charge in [0.25, 0.3) is 5.91 Å². The van der Waals surface area contributed by atoms with E-state index in [1.807, 2.05) is 30.5 Å². The number of benzene rings is 1. The number of carbonyl (C=O) groups is 1. The molecule has 146 valence electrons. The van der Waals surface area contributed by atoms with Crippen LogP contribution in [0.15, 0.2) is 29.6 Å². The maximum Gasteiger partial charge on any atom is 0.270 e. The third-order valence-corrected chi connectivity index (χ3v) is 5.76. The second-order valence-corrected chi connectivity index (χ2v) is 7.79. The van der Waals surface area contributed by atoms with E-state index >= 15 is 0 Å². The van der Waals surface area contributed by atoms with Gasteiger partial charge in [-0.2, -0.15) is 0 Å². The fraction of sp³-hybridized carbons (Fsp3) is 0.500. The molecule has 1 atom stereocenters. The predicted octanol–water partition coefficient (Wildman–Crippen LogP) is 3.00. The zero-order valence-corrected chi connectivity index (χ0v) is 17.1. The molecule has 0 spiro atoms. The molecule has 1 unspecified atom stereocenters. The van der Waals surface area contributed by atoms with Crippen LogP contribution in [0.3, 0.4) is 0 Å². The first kappa shape index (κ1) is 19.6. The third kappa shape index (κ3) is 4.99. The number of thiazole rings is 1. The number of aromatic nitrogens is 1. The summed E-state index contributed by atoms with van der Waals surface area (Å²) < 4.78 is 5.48. The topological polar surface area (TPSA) is 57.7 Å². The molecule has 0 bridgehead atoms. The fourth-order valence-electron chi connectivity index (χ4n) is 3.12. The molecule has 1 amide bonds. The van der Waals surface area contributed by atoms with Gasteiger partial charge in [0.05, 0.1) is 19.3 Å². The summed E-state index contributed by atoms with van der Waals surface area (Å²) in [5.74, 6) is 0.843. The van der Waals surface area contributed by atoms with Crippen LogP contribution in [0.1, 0.15) is 35.8 Å². The van der Waals surface area contributed by atoms with Gasteiger partial charge in [-0.15, -0.1) is 11.3 Å². The maximum absolute atomic E-state index is 12.2. The summed E-state index contributed by atoms with van der Waals surface area (Å²) in [4.78, 5) is 21.5. The summed E-state index contributed by atoms with van der Waals surface area (Å²) in [6.07, 6.45) is 0.916. The molecule has 3 rings (SSSR count). The van der Waals surface area contributed by atoms with E-state index in [1.165, 1.54) is 0 Å². The van der Waals surface area contributed by atoms with Crippen molar-refractivity contribution in [2.24, 2.45) is 0 Å². The highest BCUT2D eigenvalue weighted by Gasteiger charge is 2.21. The van der Waals surface area contributed by atoms with Crippen LogP contribution < -0.4 is 15.0 Å². The van der Waals surface area contributed by atoms with Crippen LogP contribution in [0.5, 0.6) is 5.75 Å². The molecule has 0 aliphatic carbocycles. The highest BCUT2D eigenvalue weighted by molar-refractivity contribution is 7.09. The molecule has 2 heterocycles. The Balaban J connectivity index is 1.53. The molecule has 2 aromatic rings. The van der Waals surface area contributed by atoms with Gasteiger partial charge in [0.15, 0.2) is 0 Å². The van der Waals surface area contributed by atoms with Crippen molar-refractivity contribution in [1.29, 1.82) is 0 Å². The molecule has 27 heavy (non-hydrogen) atoms. The molecule has 1 aromatic heterocycles. The highest BCUT2D eigenvalue weighted by Crippen LogP contribution is 2.28. The molecule has 1 aliphatic rings. The zero-order chi connectivity index (χ0) is 19.2. The van der Waals surface area contributed by atoms with Crippen molar-refractivity contribution in [3.63, 3.8) is 0 Å². The van der Waals surface area contributed by atoms with Gasteiger partial charge in [-0.05, 0) is 25.5 Å². The smallest absolute Gasteiger partial charge is 0.270 e. The molecule has 6 nitrogen and oxygen atoms in total. The molecule has 0 saturated carbocycles. The summed E-state index contributed by atoms with van der Waals surface area (Å²) in [5.41, 5.74) is 1.68. The Hall–Kier alpha value is -2.12. The fourth-order valence-corrected chi connectivity index (χ4v) is 3.93. The van der Waals surface area contributed by atoms with E-state index in [0.717, 1.165) is 55.6 Å². The number of para-hydroxylation sites is 2. The van der Waals surface area contributed by atoms with Crippen molar-refractivity contribution in [3.8, 4) is 5.75 Å². The number of amides is 1. The molecular formula is C20H28N4O2S. The van der Waals surface area contributed by atoms with Gasteiger partial charge in [0, 0.05) is 37.6 Å². The summed E-state index contributed by atoms with van der Waals surface area (Å²) in [5, 5.41) is 5.83. The number of rotatable bonds is 7. The number of nitrogens with one attached hydrogen (secondary N) is 1. The molecule has 1 aromatic carbocycles. The van der Waals surface area contributed by atoms with Crippen molar-refractivity contribution < 1.29 is 9.53 Å². The number of anilines is 1. The van der Waals surface area contributed by atoms with Crippen molar-refractivity contribution >= 4 is 22.9 Å². The van der Waals surface area contributed by atoms with Gasteiger partial charge >= 0.3 is 0 Å². The number of hydrogen-bond donors (Lipinski definition) is 1. The Bertz CT molecular complexity index is 756. The van der Waals surface area contributed by atoms with E-state index in [2.05, 4.69) is 33.1 Å². The molecule has 1 saturated heterocycles. The second kappa shape index (κ2) is 9.19. The van der Waals surface area contributed by atoms with Crippen LogP contribution in [0.25, 0.3) is 0 Å². The minimum atomic E-state index is -0.0761. The molecule has 1 aliphatic heterocycles. The zero-order valence-electron chi connectivity index (χ0n) is 16.3. The standard InChI is InChI=1S/C20H28N4O2S/c1-4-15(2)21-20(25)16-14-27-19(22-16)13-23-9-11-24(12-10-23)17-7-5-6-8-18(17)26-3/h5-8,14-15H,4,9-13H2,1-3H3,(H,21,25). The average Bonchev–Trinajstić information content (AvgIpc) is 3.17. The number of nitrogens with zero attached hydrogens (tertiary/aromatic N) is 3. The monoisotopic (exact) mass is 388 g/mol. The first-order valence-corrected chi connectivity index (χ1v) is 10.3. The Morgan fingerprint density at radius 3 is 2.74 bits per heavy atom. The van der Waals surface area contributed by atoms with Gasteiger partial charge in [-0.25, -0.2) is 4.98 Å². The lowest BCUT2D eigenvalue weighted by atomic mass is 10.2. The van der Waals surface area contributed by atoms with Crippen molar-refractivity contribution in [2.45, 2.75) is 32.9 Å². The minimum Gasteiger partial charge on any atom is -0.495 e. The number of methoxy groups -OCH3 is 1. The summed E-state index contributed by atoms with van der Waals surface area (Å²) >= 11 is 1.56. The Morgan fingerprint density at radius 1 is 1.30 bits per heavy atom. The van der Waals surface area contributed by atoms with Crippen molar-refractivity contribution in [2.75, 3.05) is 38.2 Å². The normalized spacial score (nSPS) is 16.2. The predicted molar refractivity (Wildman–Crippen MR) is 110 cm³/mol. The second-order valence-electron chi connectivity index (χ2n) is 6.84. The molecule has 1 N–H and O–H groups in total. The van der Waals surface area contributed by atoms with Crippen LogP contribution in [0, 0.1) is 0 Å². The quantitative estimate of drug-likeness (QED) is 0.790. The van der Waals surface area contributed by atoms with Crippen molar-refractivity contribution in [1.82, 2.24) is 15.2 Å². The number of ether oxygens (including phenoxy) is 1. The van der Waals surface area contributed by atoms with Gasteiger partial charge in [0.2, 0.25) is 0 Å². The number of hydrogen-bond acceptors (Lipinski definition) is 6. The van der Waals surface area contributed by atoms with Gasteiger partial charge in [-0.1, -0.05) is 19.1 Å². The van der Waals surface area contributed by atoms with E-state index < -0.39 is 0 Å². The van der Waals surface area contributed by atoms with Crippen LogP contribution in [-0.4, -0.2) is 55.1 Å². The number of carbonyl (C=O) groups excluding carboxylic acids is 1. The van der Waals surface area contributed by atoms with E-state index in [1.54, 1.807) is 18.4 Å². The van der Waals surface area contributed by atoms with Gasteiger partial charge in [0.1, 0.15) is 16.5 Å². The SMILES string of the molecule is CCC(C)NC(=O)c1csc(CN2CCN(c3ccccc3OC)CC2)n1. The lowest BCUT2D eigenvalue weighted by molar-refractivity contribution is 0.0934. The largest absolute Gasteiger partial charge is 0.495 e. The summed E-state index contributed by atoms with van der Waals surface area (Å²) in [7, 11) is 1.71. The first-order chi connectivity index (χ1) is 13.1. The van der Waals surface area contributed by atoms with Gasteiger partial charge < -0.3 is 15.0 Å². The van der Waals surface area contributed by atoms with Gasteiger partial charge in [-0.3, -0.25) is 9.69 Å². The average molecular weight is 389 g/mol. The van der Waals surface area contributed by atoms with E-state index in [0.29, 0.717) is 5.69 Å². The molecule has 7 heteroatoms. The lowest BCUT2D eigenvalue weighted by Gasteiger charge is -2.36. The lowest BCUT2D eigenvalue weighted by Crippen LogP contribution is -2.46. The van der Waals surface area contributed by atoms with E-state index in [4.69, 9.17) is 4.74 Å². The van der Waals surface area contributed by atoms with Crippen LogP contribution in [0.2, 0.25) is 0 Å².